The molecule has 1 atom stereocenters. The normalized spacial score (nSPS) is 13.1. The van der Waals surface area contributed by atoms with Gasteiger partial charge < -0.3 is 21.0 Å². The fourth-order valence-electron chi connectivity index (χ4n) is 1.75. The summed E-state index contributed by atoms with van der Waals surface area (Å²) in [5.74, 6) is -0.770. The first-order valence-corrected chi connectivity index (χ1v) is 6.36. The maximum Gasteiger partial charge on any atom is 0.235 e. The smallest absolute Gasteiger partial charge is 0.235 e. The molecule has 0 aromatic carbocycles. The molecule has 1 aromatic rings. The molecule has 0 aliphatic rings. The van der Waals surface area contributed by atoms with Gasteiger partial charge >= 0.3 is 0 Å². The summed E-state index contributed by atoms with van der Waals surface area (Å²) in [5.41, 5.74) is 6.06. The van der Waals surface area contributed by atoms with Crippen molar-refractivity contribution < 1.29 is 14.7 Å². The quantitative estimate of drug-likeness (QED) is 0.316. The van der Waals surface area contributed by atoms with E-state index in [1.165, 1.54) is 6.20 Å². The number of ether oxygens (including phenoxy) is 1. The lowest BCUT2D eigenvalue weighted by atomic mass is 9.94. The molecule has 0 fully saturated rings. The Labute approximate surface area is 117 Å². The molecule has 20 heavy (non-hydrogen) atoms. The highest BCUT2D eigenvalue weighted by molar-refractivity contribution is 6.07. The monoisotopic (exact) mass is 280 g/mol. The Balaban J connectivity index is 2.78. The molecule has 0 aliphatic carbocycles. The molecule has 0 saturated carbocycles. The van der Waals surface area contributed by atoms with Crippen molar-refractivity contribution in [3.63, 3.8) is 0 Å². The second-order valence-electron chi connectivity index (χ2n) is 4.55. The van der Waals surface area contributed by atoms with E-state index in [-0.39, 0.29) is 17.7 Å². The zero-order valence-electron chi connectivity index (χ0n) is 11.8. The molecule has 1 heterocycles. The molecule has 7 heteroatoms. The third-order valence-electron chi connectivity index (χ3n) is 2.68. The summed E-state index contributed by atoms with van der Waals surface area (Å²) in [6.07, 6.45) is 1.49. The fraction of sp³-hybridized carbons (Fsp3) is 0.462. The fourth-order valence-corrected chi connectivity index (χ4v) is 1.75. The Kier molecular flexibility index (Phi) is 5.76. The number of anilines is 1. The van der Waals surface area contributed by atoms with Crippen LogP contribution in [0.15, 0.2) is 23.5 Å². The molecule has 0 saturated heterocycles. The van der Waals surface area contributed by atoms with Crippen molar-refractivity contribution >= 4 is 17.4 Å². The van der Waals surface area contributed by atoms with Gasteiger partial charge in [-0.2, -0.15) is 0 Å². The van der Waals surface area contributed by atoms with E-state index < -0.39 is 5.92 Å². The van der Waals surface area contributed by atoms with E-state index in [2.05, 4.69) is 15.5 Å². The van der Waals surface area contributed by atoms with Crippen molar-refractivity contribution in [3.8, 4) is 5.88 Å². The molecular formula is C13H20N4O3. The lowest BCUT2D eigenvalue weighted by Gasteiger charge is -2.18. The van der Waals surface area contributed by atoms with Crippen LogP contribution in [-0.4, -0.2) is 28.5 Å². The minimum Gasteiger partial charge on any atom is -0.478 e. The summed E-state index contributed by atoms with van der Waals surface area (Å²) < 4.78 is 5.21. The number of hydrogen-bond acceptors (Lipinski definition) is 5. The molecular weight excluding hydrogens is 260 g/mol. The number of nitrogens with one attached hydrogen (secondary N) is 1. The first-order valence-electron chi connectivity index (χ1n) is 6.36. The third kappa shape index (κ3) is 4.11. The number of carbonyl (C=O) groups excluding carboxylic acids is 1. The number of amides is 1. The van der Waals surface area contributed by atoms with Gasteiger partial charge in [0.1, 0.15) is 5.92 Å². The van der Waals surface area contributed by atoms with Gasteiger partial charge in [0.2, 0.25) is 11.8 Å². The third-order valence-corrected chi connectivity index (χ3v) is 2.68. The van der Waals surface area contributed by atoms with Gasteiger partial charge in [-0.1, -0.05) is 19.0 Å². The van der Waals surface area contributed by atoms with Crippen LogP contribution in [0.4, 0.5) is 5.69 Å². The Morgan fingerprint density at radius 2 is 2.25 bits per heavy atom. The lowest BCUT2D eigenvalue weighted by Crippen LogP contribution is -2.38. The van der Waals surface area contributed by atoms with E-state index in [0.29, 0.717) is 18.2 Å². The van der Waals surface area contributed by atoms with Crippen LogP contribution in [-0.2, 0) is 4.79 Å². The van der Waals surface area contributed by atoms with Crippen LogP contribution < -0.4 is 15.8 Å². The van der Waals surface area contributed by atoms with E-state index in [1.54, 1.807) is 12.1 Å². The van der Waals surface area contributed by atoms with E-state index >= 15 is 0 Å². The predicted octanol–water partition coefficient (Wildman–Crippen LogP) is 1.44. The van der Waals surface area contributed by atoms with Crippen LogP contribution in [0.1, 0.15) is 20.8 Å². The largest absolute Gasteiger partial charge is 0.478 e. The summed E-state index contributed by atoms with van der Waals surface area (Å²) in [6.45, 7) is 6.02. The molecule has 0 bridgehead atoms. The van der Waals surface area contributed by atoms with E-state index in [9.17, 15) is 4.79 Å². The van der Waals surface area contributed by atoms with Gasteiger partial charge in [0, 0.05) is 6.07 Å². The SMILES string of the molecule is CCOc1ccc(NC(=O)C(/C(N)=N/O)C(C)C)cn1. The lowest BCUT2D eigenvalue weighted by molar-refractivity contribution is -0.119. The van der Waals surface area contributed by atoms with Crippen molar-refractivity contribution in [2.45, 2.75) is 20.8 Å². The number of nitrogens with two attached hydrogens (primary N) is 1. The Morgan fingerprint density at radius 1 is 1.55 bits per heavy atom. The van der Waals surface area contributed by atoms with Crippen LogP contribution in [0.5, 0.6) is 5.88 Å². The van der Waals surface area contributed by atoms with Gasteiger partial charge in [0.05, 0.1) is 18.5 Å². The second-order valence-corrected chi connectivity index (χ2v) is 4.55. The van der Waals surface area contributed by atoms with Crippen LogP contribution in [0.2, 0.25) is 0 Å². The summed E-state index contributed by atoms with van der Waals surface area (Å²) in [5, 5.41) is 14.3. The van der Waals surface area contributed by atoms with Gasteiger partial charge in [0.25, 0.3) is 0 Å². The molecule has 4 N–H and O–H groups in total. The zero-order chi connectivity index (χ0) is 15.1. The van der Waals surface area contributed by atoms with E-state index in [0.717, 1.165) is 0 Å². The summed E-state index contributed by atoms with van der Waals surface area (Å²) >= 11 is 0. The molecule has 0 radical (unpaired) electrons. The molecule has 1 amide bonds. The summed E-state index contributed by atoms with van der Waals surface area (Å²) in [4.78, 5) is 16.2. The van der Waals surface area contributed by atoms with Crippen LogP contribution >= 0.6 is 0 Å². The van der Waals surface area contributed by atoms with Gasteiger partial charge in [-0.3, -0.25) is 4.79 Å². The van der Waals surface area contributed by atoms with Gasteiger partial charge in [-0.15, -0.1) is 0 Å². The number of amidine groups is 1. The molecule has 0 aliphatic heterocycles. The van der Waals surface area contributed by atoms with Crippen LogP contribution in [0.3, 0.4) is 0 Å². The van der Waals surface area contributed by atoms with Gasteiger partial charge in [0.15, 0.2) is 5.84 Å². The minimum atomic E-state index is -0.702. The molecule has 110 valence electrons. The van der Waals surface area contributed by atoms with Crippen molar-refractivity contribution in [2.24, 2.45) is 22.7 Å². The predicted molar refractivity (Wildman–Crippen MR) is 75.8 cm³/mol. The summed E-state index contributed by atoms with van der Waals surface area (Å²) in [6, 6.07) is 3.34. The number of nitrogens with zero attached hydrogens (tertiary/aromatic N) is 2. The molecule has 1 unspecified atom stereocenters. The standard InChI is InChI=1S/C13H20N4O3/c1-4-20-10-6-5-9(7-15-10)16-13(18)11(8(2)3)12(14)17-19/h5-8,11,19H,4H2,1-3H3,(H2,14,17)(H,16,18). The van der Waals surface area contributed by atoms with Crippen molar-refractivity contribution in [2.75, 3.05) is 11.9 Å². The number of aromatic nitrogens is 1. The maximum absolute atomic E-state index is 12.1. The van der Waals surface area contributed by atoms with Crippen molar-refractivity contribution in [1.29, 1.82) is 0 Å². The van der Waals surface area contributed by atoms with Gasteiger partial charge in [-0.25, -0.2) is 4.98 Å². The van der Waals surface area contributed by atoms with E-state index in [4.69, 9.17) is 15.7 Å². The average molecular weight is 280 g/mol. The van der Waals surface area contributed by atoms with Crippen molar-refractivity contribution in [3.05, 3.63) is 18.3 Å². The molecule has 1 aromatic heterocycles. The van der Waals surface area contributed by atoms with E-state index in [1.807, 2.05) is 20.8 Å². The Bertz CT molecular complexity index is 471. The van der Waals surface area contributed by atoms with Crippen LogP contribution in [0, 0.1) is 11.8 Å². The zero-order valence-corrected chi connectivity index (χ0v) is 11.8. The highest BCUT2D eigenvalue weighted by Crippen LogP contribution is 2.16. The first-order chi connectivity index (χ1) is 9.49. The Morgan fingerprint density at radius 3 is 2.70 bits per heavy atom. The Hall–Kier alpha value is -2.31. The number of hydrogen-bond donors (Lipinski definition) is 3. The molecule has 1 rings (SSSR count). The van der Waals surface area contributed by atoms with Crippen LogP contribution in [0.25, 0.3) is 0 Å². The maximum atomic E-state index is 12.1. The highest BCUT2D eigenvalue weighted by Gasteiger charge is 2.26. The molecule has 0 spiro atoms. The minimum absolute atomic E-state index is 0.0958. The number of carbonyl (C=O) groups is 1. The number of oxime groups is 1. The van der Waals surface area contributed by atoms with Gasteiger partial charge in [-0.05, 0) is 18.9 Å². The highest BCUT2D eigenvalue weighted by atomic mass is 16.5. The molecule has 7 nitrogen and oxygen atoms in total. The second kappa shape index (κ2) is 7.32. The first kappa shape index (κ1) is 15.7. The topological polar surface area (TPSA) is 110 Å². The average Bonchev–Trinajstić information content (AvgIpc) is 2.40. The number of rotatable bonds is 6. The summed E-state index contributed by atoms with van der Waals surface area (Å²) in [7, 11) is 0. The number of pyridine rings is 1. The van der Waals surface area contributed by atoms with Crippen molar-refractivity contribution in [1.82, 2.24) is 4.98 Å².